The second-order valence-electron chi connectivity index (χ2n) is 6.40. The van der Waals surface area contributed by atoms with Gasteiger partial charge in [0.1, 0.15) is 5.75 Å². The molecule has 1 fully saturated rings. The summed E-state index contributed by atoms with van der Waals surface area (Å²) in [6, 6.07) is 12.4. The molecule has 142 valence electrons. The number of rotatable bonds is 4. The second kappa shape index (κ2) is 8.63. The standard InChI is InChI=1S/C20H20Cl2N2O3/c1-14-2-5-16(6-3-14)27-13-19(25)23-8-10-24(11-9-23)20(26)17-12-15(21)4-7-18(17)22/h2-7,12H,8-11,13H2,1H3. The zero-order chi connectivity index (χ0) is 19.4. The van der Waals surface area contributed by atoms with Gasteiger partial charge in [0, 0.05) is 31.2 Å². The zero-order valence-electron chi connectivity index (χ0n) is 15.0. The van der Waals surface area contributed by atoms with E-state index in [9.17, 15) is 9.59 Å². The van der Waals surface area contributed by atoms with Gasteiger partial charge >= 0.3 is 0 Å². The van der Waals surface area contributed by atoms with Crippen LogP contribution in [0.25, 0.3) is 0 Å². The number of aryl methyl sites for hydroxylation is 1. The first-order chi connectivity index (χ1) is 12.9. The highest BCUT2D eigenvalue weighted by molar-refractivity contribution is 6.35. The van der Waals surface area contributed by atoms with Gasteiger partial charge in [0.25, 0.3) is 11.8 Å². The van der Waals surface area contributed by atoms with Crippen molar-refractivity contribution in [1.82, 2.24) is 9.80 Å². The lowest BCUT2D eigenvalue weighted by Crippen LogP contribution is -2.51. The molecule has 5 nitrogen and oxygen atoms in total. The van der Waals surface area contributed by atoms with Gasteiger partial charge in [-0.2, -0.15) is 0 Å². The van der Waals surface area contributed by atoms with E-state index >= 15 is 0 Å². The fourth-order valence-corrected chi connectivity index (χ4v) is 3.23. The van der Waals surface area contributed by atoms with Gasteiger partial charge in [0.05, 0.1) is 10.6 Å². The summed E-state index contributed by atoms with van der Waals surface area (Å²) >= 11 is 12.1. The summed E-state index contributed by atoms with van der Waals surface area (Å²) in [5, 5.41) is 0.833. The summed E-state index contributed by atoms with van der Waals surface area (Å²) in [5.74, 6) is 0.396. The summed E-state index contributed by atoms with van der Waals surface area (Å²) in [7, 11) is 0. The van der Waals surface area contributed by atoms with Crippen molar-refractivity contribution in [2.75, 3.05) is 32.8 Å². The van der Waals surface area contributed by atoms with Crippen LogP contribution < -0.4 is 4.74 Å². The minimum Gasteiger partial charge on any atom is -0.484 e. The molecule has 0 aromatic heterocycles. The number of benzene rings is 2. The summed E-state index contributed by atoms with van der Waals surface area (Å²) in [6.45, 7) is 3.78. The molecular formula is C20H20Cl2N2O3. The zero-order valence-corrected chi connectivity index (χ0v) is 16.5. The van der Waals surface area contributed by atoms with Gasteiger partial charge in [0.15, 0.2) is 6.61 Å². The van der Waals surface area contributed by atoms with E-state index < -0.39 is 0 Å². The molecule has 2 amide bonds. The molecule has 7 heteroatoms. The van der Waals surface area contributed by atoms with Crippen molar-refractivity contribution in [3.8, 4) is 5.75 Å². The molecule has 0 saturated carbocycles. The lowest BCUT2D eigenvalue weighted by atomic mass is 10.1. The van der Waals surface area contributed by atoms with Gasteiger partial charge in [-0.1, -0.05) is 40.9 Å². The Morgan fingerprint density at radius 2 is 1.59 bits per heavy atom. The molecule has 1 saturated heterocycles. The molecule has 0 radical (unpaired) electrons. The number of carbonyl (C=O) groups is 2. The molecule has 0 unspecified atom stereocenters. The SMILES string of the molecule is Cc1ccc(OCC(=O)N2CCN(C(=O)c3cc(Cl)ccc3Cl)CC2)cc1. The van der Waals surface area contributed by atoms with Gasteiger partial charge in [0.2, 0.25) is 0 Å². The molecule has 0 atom stereocenters. The third-order valence-electron chi connectivity index (χ3n) is 4.46. The van der Waals surface area contributed by atoms with Gasteiger partial charge in [-0.3, -0.25) is 9.59 Å². The van der Waals surface area contributed by atoms with Gasteiger partial charge in [-0.25, -0.2) is 0 Å². The monoisotopic (exact) mass is 406 g/mol. The molecule has 0 aliphatic carbocycles. The Kier molecular flexibility index (Phi) is 6.24. The van der Waals surface area contributed by atoms with E-state index in [1.807, 2.05) is 31.2 Å². The first-order valence-electron chi connectivity index (χ1n) is 8.65. The highest BCUT2D eigenvalue weighted by Gasteiger charge is 2.26. The highest BCUT2D eigenvalue weighted by Crippen LogP contribution is 2.22. The van der Waals surface area contributed by atoms with Crippen molar-refractivity contribution in [2.24, 2.45) is 0 Å². The maximum Gasteiger partial charge on any atom is 0.260 e. The van der Waals surface area contributed by atoms with E-state index in [2.05, 4.69) is 0 Å². The lowest BCUT2D eigenvalue weighted by Gasteiger charge is -2.34. The Hall–Kier alpha value is -2.24. The third kappa shape index (κ3) is 4.93. The van der Waals surface area contributed by atoms with Crippen LogP contribution >= 0.6 is 23.2 Å². The highest BCUT2D eigenvalue weighted by atomic mass is 35.5. The smallest absolute Gasteiger partial charge is 0.260 e. The van der Waals surface area contributed by atoms with E-state index in [0.717, 1.165) is 5.56 Å². The number of hydrogen-bond acceptors (Lipinski definition) is 3. The van der Waals surface area contributed by atoms with Crippen LogP contribution in [0.2, 0.25) is 10.0 Å². The number of nitrogens with zero attached hydrogens (tertiary/aromatic N) is 2. The predicted molar refractivity (Wildman–Crippen MR) is 106 cm³/mol. The quantitative estimate of drug-likeness (QED) is 0.777. The summed E-state index contributed by atoms with van der Waals surface area (Å²) in [5.41, 5.74) is 1.51. The molecule has 2 aromatic carbocycles. The number of hydrogen-bond donors (Lipinski definition) is 0. The molecule has 0 spiro atoms. The number of carbonyl (C=O) groups excluding carboxylic acids is 2. The van der Waals surface area contributed by atoms with E-state index in [1.165, 1.54) is 0 Å². The van der Waals surface area contributed by atoms with E-state index in [4.69, 9.17) is 27.9 Å². The minimum atomic E-state index is -0.175. The Morgan fingerprint density at radius 1 is 0.963 bits per heavy atom. The maximum atomic E-state index is 12.6. The van der Waals surface area contributed by atoms with Crippen LogP contribution in [-0.4, -0.2) is 54.4 Å². The third-order valence-corrected chi connectivity index (χ3v) is 5.03. The van der Waals surface area contributed by atoms with Gasteiger partial charge < -0.3 is 14.5 Å². The van der Waals surface area contributed by atoms with Crippen LogP contribution in [0.4, 0.5) is 0 Å². The van der Waals surface area contributed by atoms with Crippen LogP contribution in [0, 0.1) is 6.92 Å². The Balaban J connectivity index is 1.52. The van der Waals surface area contributed by atoms with Crippen molar-refractivity contribution < 1.29 is 14.3 Å². The molecular weight excluding hydrogens is 387 g/mol. The van der Waals surface area contributed by atoms with Crippen molar-refractivity contribution in [3.63, 3.8) is 0 Å². The molecule has 27 heavy (non-hydrogen) atoms. The predicted octanol–water partition coefficient (Wildman–Crippen LogP) is 3.67. The number of halogens is 2. The first-order valence-corrected chi connectivity index (χ1v) is 9.41. The maximum absolute atomic E-state index is 12.6. The van der Waals surface area contributed by atoms with Crippen molar-refractivity contribution >= 4 is 35.0 Å². The summed E-state index contributed by atoms with van der Waals surface area (Å²) < 4.78 is 5.54. The van der Waals surface area contributed by atoms with E-state index in [0.29, 0.717) is 47.5 Å². The van der Waals surface area contributed by atoms with Gasteiger partial charge in [-0.05, 0) is 37.3 Å². The Morgan fingerprint density at radius 3 is 2.26 bits per heavy atom. The first kappa shape index (κ1) is 19.5. The number of ether oxygens (including phenoxy) is 1. The van der Waals surface area contributed by atoms with Crippen LogP contribution in [0.1, 0.15) is 15.9 Å². The van der Waals surface area contributed by atoms with Gasteiger partial charge in [-0.15, -0.1) is 0 Å². The topological polar surface area (TPSA) is 49.9 Å². The molecule has 0 bridgehead atoms. The Labute approximate surface area is 168 Å². The largest absolute Gasteiger partial charge is 0.484 e. The lowest BCUT2D eigenvalue weighted by molar-refractivity contribution is -0.134. The summed E-state index contributed by atoms with van der Waals surface area (Å²) in [6.07, 6.45) is 0. The molecule has 3 rings (SSSR count). The molecule has 1 heterocycles. The van der Waals surface area contributed by atoms with E-state index in [-0.39, 0.29) is 18.4 Å². The molecule has 0 N–H and O–H groups in total. The van der Waals surface area contributed by atoms with Crippen molar-refractivity contribution in [3.05, 3.63) is 63.6 Å². The molecule has 2 aromatic rings. The normalized spacial score (nSPS) is 14.2. The van der Waals surface area contributed by atoms with Crippen LogP contribution in [0.15, 0.2) is 42.5 Å². The van der Waals surface area contributed by atoms with Crippen molar-refractivity contribution in [2.45, 2.75) is 6.92 Å². The molecule has 1 aliphatic heterocycles. The average molecular weight is 407 g/mol. The van der Waals surface area contributed by atoms with Crippen molar-refractivity contribution in [1.29, 1.82) is 0 Å². The molecule has 1 aliphatic rings. The van der Waals surface area contributed by atoms with Crippen LogP contribution in [0.3, 0.4) is 0 Å². The van der Waals surface area contributed by atoms with Crippen LogP contribution in [-0.2, 0) is 4.79 Å². The summed E-state index contributed by atoms with van der Waals surface area (Å²) in [4.78, 5) is 28.4. The van der Waals surface area contributed by atoms with E-state index in [1.54, 1.807) is 28.0 Å². The average Bonchev–Trinajstić information content (AvgIpc) is 2.69. The van der Waals surface area contributed by atoms with Crippen LogP contribution in [0.5, 0.6) is 5.75 Å². The number of amides is 2. The fraction of sp³-hybridized carbons (Fsp3) is 0.300. The fourth-order valence-electron chi connectivity index (χ4n) is 2.86. The minimum absolute atomic E-state index is 0.0167. The Bertz CT molecular complexity index is 832. The second-order valence-corrected chi connectivity index (χ2v) is 7.24. The number of piperazine rings is 1.